The molecule has 24 heavy (non-hydrogen) atoms. The minimum Gasteiger partial charge on any atom is -0.481 e. The standard InChI is InChI=1S/C18H22N4O2/c1-18(2,10-9-15(23)24)22-16-12-6-5-8-13(12)20-17(21-16)14-7-3-4-11-19-14/h3-4,7,11H,5-6,8-10H2,1-2H3,(H,23,24)(H,20,21,22). The van der Waals surface area contributed by atoms with E-state index in [0.717, 1.165) is 42.0 Å². The van der Waals surface area contributed by atoms with Crippen molar-refractivity contribution in [1.29, 1.82) is 0 Å². The molecule has 2 heterocycles. The third kappa shape index (κ3) is 3.69. The molecule has 0 unspecified atom stereocenters. The minimum absolute atomic E-state index is 0.125. The van der Waals surface area contributed by atoms with E-state index in [4.69, 9.17) is 10.1 Å². The lowest BCUT2D eigenvalue weighted by Crippen LogP contribution is -2.32. The van der Waals surface area contributed by atoms with E-state index in [2.05, 4.69) is 15.3 Å². The molecule has 0 amide bonds. The van der Waals surface area contributed by atoms with Gasteiger partial charge in [0.2, 0.25) is 0 Å². The summed E-state index contributed by atoms with van der Waals surface area (Å²) in [6.45, 7) is 4.00. The normalized spacial score (nSPS) is 13.6. The number of nitrogens with one attached hydrogen (secondary N) is 1. The third-order valence-corrected chi connectivity index (χ3v) is 4.25. The molecule has 2 aromatic rings. The van der Waals surface area contributed by atoms with Crippen molar-refractivity contribution in [1.82, 2.24) is 15.0 Å². The molecule has 0 fully saturated rings. The second kappa shape index (κ2) is 6.55. The highest BCUT2D eigenvalue weighted by molar-refractivity contribution is 5.67. The Morgan fingerprint density at radius 2 is 2.12 bits per heavy atom. The van der Waals surface area contributed by atoms with Crippen LogP contribution in [0.25, 0.3) is 11.5 Å². The predicted octanol–water partition coefficient (Wildman–Crippen LogP) is 3.08. The fourth-order valence-electron chi connectivity index (χ4n) is 2.95. The Kier molecular flexibility index (Phi) is 4.46. The van der Waals surface area contributed by atoms with Crippen molar-refractivity contribution >= 4 is 11.8 Å². The summed E-state index contributed by atoms with van der Waals surface area (Å²) in [7, 11) is 0. The van der Waals surface area contributed by atoms with E-state index in [9.17, 15) is 4.79 Å². The highest BCUT2D eigenvalue weighted by Gasteiger charge is 2.25. The van der Waals surface area contributed by atoms with Gasteiger partial charge < -0.3 is 10.4 Å². The number of carbonyl (C=O) groups is 1. The van der Waals surface area contributed by atoms with Gasteiger partial charge in [0.15, 0.2) is 5.82 Å². The molecule has 1 aliphatic carbocycles. The van der Waals surface area contributed by atoms with Gasteiger partial charge >= 0.3 is 5.97 Å². The van der Waals surface area contributed by atoms with Gasteiger partial charge in [0.05, 0.1) is 0 Å². The molecular formula is C18H22N4O2. The molecule has 2 aromatic heterocycles. The average molecular weight is 326 g/mol. The minimum atomic E-state index is -0.785. The average Bonchev–Trinajstić information content (AvgIpc) is 3.02. The van der Waals surface area contributed by atoms with E-state index in [1.54, 1.807) is 6.20 Å². The maximum absolute atomic E-state index is 10.9. The second-order valence-electron chi connectivity index (χ2n) is 6.79. The highest BCUT2D eigenvalue weighted by Crippen LogP contribution is 2.31. The Hall–Kier alpha value is -2.50. The van der Waals surface area contributed by atoms with Gasteiger partial charge in [-0.3, -0.25) is 9.78 Å². The van der Waals surface area contributed by atoms with Crippen LogP contribution in [-0.4, -0.2) is 31.6 Å². The molecule has 3 rings (SSSR count). The van der Waals surface area contributed by atoms with Gasteiger partial charge in [-0.1, -0.05) is 6.07 Å². The highest BCUT2D eigenvalue weighted by atomic mass is 16.4. The van der Waals surface area contributed by atoms with Gasteiger partial charge in [0, 0.05) is 29.4 Å². The van der Waals surface area contributed by atoms with E-state index in [0.29, 0.717) is 12.2 Å². The molecule has 0 atom stereocenters. The summed E-state index contributed by atoms with van der Waals surface area (Å²) >= 11 is 0. The molecule has 1 aliphatic rings. The van der Waals surface area contributed by atoms with Gasteiger partial charge in [-0.15, -0.1) is 0 Å². The van der Waals surface area contributed by atoms with Crippen molar-refractivity contribution in [2.24, 2.45) is 0 Å². The number of hydrogen-bond donors (Lipinski definition) is 2. The molecule has 126 valence electrons. The van der Waals surface area contributed by atoms with Crippen LogP contribution < -0.4 is 5.32 Å². The number of aliphatic carboxylic acids is 1. The molecular weight excluding hydrogens is 304 g/mol. The number of carboxylic acids is 1. The topological polar surface area (TPSA) is 88.0 Å². The number of fused-ring (bicyclic) bond motifs is 1. The van der Waals surface area contributed by atoms with E-state index >= 15 is 0 Å². The lowest BCUT2D eigenvalue weighted by atomic mass is 9.98. The first-order chi connectivity index (χ1) is 11.4. The van der Waals surface area contributed by atoms with Crippen molar-refractivity contribution in [2.45, 2.75) is 51.5 Å². The van der Waals surface area contributed by atoms with E-state index in [-0.39, 0.29) is 12.0 Å². The molecule has 6 nitrogen and oxygen atoms in total. The van der Waals surface area contributed by atoms with Gasteiger partial charge in [-0.2, -0.15) is 0 Å². The zero-order chi connectivity index (χ0) is 17.2. The van der Waals surface area contributed by atoms with E-state index in [1.165, 1.54) is 0 Å². The first-order valence-corrected chi connectivity index (χ1v) is 8.26. The van der Waals surface area contributed by atoms with Crippen LogP contribution in [0, 0.1) is 0 Å². The molecule has 2 N–H and O–H groups in total. The molecule has 0 saturated carbocycles. The summed E-state index contributed by atoms with van der Waals surface area (Å²) in [5.74, 6) is 0.647. The van der Waals surface area contributed by atoms with Crippen LogP contribution >= 0.6 is 0 Å². The van der Waals surface area contributed by atoms with Gasteiger partial charge in [-0.05, 0) is 51.7 Å². The van der Waals surface area contributed by atoms with Crippen molar-refractivity contribution < 1.29 is 9.90 Å². The quantitative estimate of drug-likeness (QED) is 0.848. The molecule has 0 aromatic carbocycles. The molecule has 0 spiro atoms. The number of nitrogens with zero attached hydrogens (tertiary/aromatic N) is 3. The monoisotopic (exact) mass is 326 g/mol. The Morgan fingerprint density at radius 3 is 2.83 bits per heavy atom. The second-order valence-corrected chi connectivity index (χ2v) is 6.79. The first-order valence-electron chi connectivity index (χ1n) is 8.26. The van der Waals surface area contributed by atoms with Crippen molar-refractivity contribution in [3.05, 3.63) is 35.7 Å². The first kappa shape index (κ1) is 16.4. The van der Waals surface area contributed by atoms with Crippen LogP contribution in [0.2, 0.25) is 0 Å². The molecule has 0 saturated heterocycles. The summed E-state index contributed by atoms with van der Waals surface area (Å²) < 4.78 is 0. The fraction of sp³-hybridized carbons (Fsp3) is 0.444. The maximum Gasteiger partial charge on any atom is 0.303 e. The number of rotatable bonds is 6. The van der Waals surface area contributed by atoms with Gasteiger partial charge in [-0.25, -0.2) is 9.97 Å². The van der Waals surface area contributed by atoms with E-state index < -0.39 is 5.97 Å². The summed E-state index contributed by atoms with van der Waals surface area (Å²) in [6.07, 6.45) is 5.35. The molecule has 0 radical (unpaired) electrons. The third-order valence-electron chi connectivity index (χ3n) is 4.25. The largest absolute Gasteiger partial charge is 0.481 e. The lowest BCUT2D eigenvalue weighted by Gasteiger charge is -2.27. The summed E-state index contributed by atoms with van der Waals surface area (Å²) in [6, 6.07) is 5.68. The van der Waals surface area contributed by atoms with Crippen LogP contribution in [0.15, 0.2) is 24.4 Å². The SMILES string of the molecule is CC(C)(CCC(=O)O)Nc1nc(-c2ccccn2)nc2c1CCC2. The number of aryl methyl sites for hydroxylation is 1. The Labute approximate surface area is 141 Å². The Morgan fingerprint density at radius 1 is 1.29 bits per heavy atom. The van der Waals surface area contributed by atoms with Crippen molar-refractivity contribution in [3.63, 3.8) is 0 Å². The van der Waals surface area contributed by atoms with Gasteiger partial charge in [0.1, 0.15) is 11.5 Å². The number of anilines is 1. The lowest BCUT2D eigenvalue weighted by molar-refractivity contribution is -0.137. The molecule has 0 bridgehead atoms. The predicted molar refractivity (Wildman–Crippen MR) is 91.9 cm³/mol. The summed E-state index contributed by atoms with van der Waals surface area (Å²) in [5, 5.41) is 12.4. The Balaban J connectivity index is 1.92. The van der Waals surface area contributed by atoms with Crippen LogP contribution in [0.1, 0.15) is 44.4 Å². The fourth-order valence-corrected chi connectivity index (χ4v) is 2.95. The van der Waals surface area contributed by atoms with Gasteiger partial charge in [0.25, 0.3) is 0 Å². The van der Waals surface area contributed by atoms with Crippen LogP contribution in [0.3, 0.4) is 0 Å². The summed E-state index contributed by atoms with van der Waals surface area (Å²) in [5.41, 5.74) is 2.61. The van der Waals surface area contributed by atoms with Crippen molar-refractivity contribution in [2.75, 3.05) is 5.32 Å². The number of aromatic nitrogens is 3. The Bertz CT molecular complexity index is 744. The van der Waals surface area contributed by atoms with E-state index in [1.807, 2.05) is 32.0 Å². The van der Waals surface area contributed by atoms with Crippen LogP contribution in [0.5, 0.6) is 0 Å². The van der Waals surface area contributed by atoms with Crippen molar-refractivity contribution in [3.8, 4) is 11.5 Å². The molecule has 0 aliphatic heterocycles. The smallest absolute Gasteiger partial charge is 0.303 e. The maximum atomic E-state index is 10.9. The molecule has 6 heteroatoms. The number of hydrogen-bond acceptors (Lipinski definition) is 5. The zero-order valence-corrected chi connectivity index (χ0v) is 14.0. The zero-order valence-electron chi connectivity index (χ0n) is 14.0. The number of carboxylic acid groups (broad SMARTS) is 1. The summed E-state index contributed by atoms with van der Waals surface area (Å²) in [4.78, 5) is 24.6. The number of pyridine rings is 1. The van der Waals surface area contributed by atoms with Crippen LogP contribution in [-0.2, 0) is 17.6 Å². The van der Waals surface area contributed by atoms with Crippen LogP contribution in [0.4, 0.5) is 5.82 Å².